The van der Waals surface area contributed by atoms with Crippen molar-refractivity contribution in [2.24, 2.45) is 0 Å². The molecule has 7 nitrogen and oxygen atoms in total. The summed E-state index contributed by atoms with van der Waals surface area (Å²) in [5.41, 5.74) is 0.614. The number of nitrogens with zero attached hydrogens (tertiary/aromatic N) is 1. The Balaban J connectivity index is 1.42. The predicted octanol–water partition coefficient (Wildman–Crippen LogP) is 6.96. The van der Waals surface area contributed by atoms with Crippen LogP contribution in [0.25, 0.3) is 11.0 Å². The number of halogens is 3. The van der Waals surface area contributed by atoms with Crippen LogP contribution in [0.4, 0.5) is 13.2 Å². The Morgan fingerprint density at radius 2 is 1.78 bits per heavy atom. The van der Waals surface area contributed by atoms with Crippen LogP contribution in [0.1, 0.15) is 47.0 Å². The third kappa shape index (κ3) is 6.38. The van der Waals surface area contributed by atoms with Gasteiger partial charge in [0.25, 0.3) is 5.76 Å². The van der Waals surface area contributed by atoms with Crippen LogP contribution in [0, 0.1) is 0 Å². The molecule has 5 rings (SSSR count). The van der Waals surface area contributed by atoms with Crippen molar-refractivity contribution in [2.45, 2.75) is 38.9 Å². The van der Waals surface area contributed by atoms with Crippen molar-refractivity contribution in [3.05, 3.63) is 99.4 Å². The number of hydrogen-bond acceptors (Lipinski definition) is 7. The number of hydrogen-bond donors (Lipinski definition) is 0. The van der Waals surface area contributed by atoms with Gasteiger partial charge >= 0.3 is 12.1 Å². The van der Waals surface area contributed by atoms with Crippen molar-refractivity contribution in [2.75, 3.05) is 19.9 Å². The molecule has 3 aromatic carbocycles. The van der Waals surface area contributed by atoms with Crippen molar-refractivity contribution < 1.29 is 36.6 Å². The fraction of sp³-hybridized carbons (Fsp3) is 0.290. The second-order valence-corrected chi connectivity index (χ2v) is 9.68. The van der Waals surface area contributed by atoms with Gasteiger partial charge in [0.15, 0.2) is 0 Å². The number of alkyl halides is 3. The number of aryl methyl sites for hydroxylation is 1. The Morgan fingerprint density at radius 1 is 1.02 bits per heavy atom. The zero-order valence-corrected chi connectivity index (χ0v) is 22.3. The third-order valence-electron chi connectivity index (χ3n) is 6.65. The maximum atomic E-state index is 14.2. The summed E-state index contributed by atoms with van der Waals surface area (Å²) in [6.07, 6.45) is -2.71. The molecule has 4 aromatic rings. The summed E-state index contributed by atoms with van der Waals surface area (Å²) in [4.78, 5) is 27.4. The van der Waals surface area contributed by atoms with Crippen LogP contribution in [-0.2, 0) is 23.9 Å². The number of rotatable bonds is 9. The quantitative estimate of drug-likeness (QED) is 0.203. The van der Waals surface area contributed by atoms with Crippen LogP contribution in [-0.4, -0.2) is 30.8 Å². The fourth-order valence-electron chi connectivity index (χ4n) is 4.62. The van der Waals surface area contributed by atoms with Crippen LogP contribution in [0.3, 0.4) is 0 Å². The molecule has 0 saturated carbocycles. The summed E-state index contributed by atoms with van der Waals surface area (Å²) in [5, 5.41) is -0.0544. The van der Waals surface area contributed by atoms with E-state index in [1.165, 1.54) is 35.9 Å². The molecule has 0 atom stereocenters. The smallest absolute Gasteiger partial charge is 0.453 e. The van der Waals surface area contributed by atoms with E-state index in [9.17, 15) is 22.8 Å². The minimum absolute atomic E-state index is 0.0544. The van der Waals surface area contributed by atoms with Gasteiger partial charge in [-0.15, -0.1) is 0 Å². The third-order valence-corrected chi connectivity index (χ3v) is 6.65. The van der Waals surface area contributed by atoms with Gasteiger partial charge in [-0.2, -0.15) is 13.2 Å². The zero-order chi connectivity index (χ0) is 29.0. The van der Waals surface area contributed by atoms with E-state index in [0.29, 0.717) is 24.3 Å². The first-order chi connectivity index (χ1) is 19.7. The van der Waals surface area contributed by atoms with Gasteiger partial charge in [-0.3, -0.25) is 9.69 Å². The Morgan fingerprint density at radius 3 is 2.49 bits per heavy atom. The van der Waals surface area contributed by atoms with Gasteiger partial charge in [0.1, 0.15) is 23.8 Å². The molecule has 0 fully saturated rings. The predicted molar refractivity (Wildman–Crippen MR) is 145 cm³/mol. The van der Waals surface area contributed by atoms with Gasteiger partial charge in [-0.25, -0.2) is 4.79 Å². The van der Waals surface area contributed by atoms with Gasteiger partial charge in [0.2, 0.25) is 11.2 Å². The average molecular weight is 568 g/mol. The maximum absolute atomic E-state index is 14.2. The SMILES string of the molecule is CCCOC(=O)c1ccc(Oc2c(C(F)(F)F)oc3c4c(ccc3c2=O)OCN(CCCc2ccccc2)C4)cc1. The first kappa shape index (κ1) is 28.2. The van der Waals surface area contributed by atoms with Crippen LogP contribution in [0.2, 0.25) is 0 Å². The first-order valence-electron chi connectivity index (χ1n) is 13.3. The molecule has 0 N–H and O–H groups in total. The van der Waals surface area contributed by atoms with Crippen LogP contribution in [0.15, 0.2) is 75.9 Å². The fourth-order valence-corrected chi connectivity index (χ4v) is 4.62. The Kier molecular flexibility index (Phi) is 8.30. The number of ether oxygens (including phenoxy) is 3. The molecule has 0 radical (unpaired) electrons. The van der Waals surface area contributed by atoms with E-state index in [-0.39, 0.29) is 42.2 Å². The van der Waals surface area contributed by atoms with Crippen LogP contribution in [0.5, 0.6) is 17.2 Å². The van der Waals surface area contributed by atoms with Crippen LogP contribution < -0.4 is 14.9 Å². The highest BCUT2D eigenvalue weighted by Gasteiger charge is 2.41. The summed E-state index contributed by atoms with van der Waals surface area (Å²) in [5.74, 6) is -2.80. The molecule has 0 amide bonds. The van der Waals surface area contributed by atoms with Gasteiger partial charge in [0, 0.05) is 13.1 Å². The summed E-state index contributed by atoms with van der Waals surface area (Å²) < 4.78 is 64.2. The highest BCUT2D eigenvalue weighted by Crippen LogP contribution is 2.41. The van der Waals surface area contributed by atoms with Crippen molar-refractivity contribution in [3.63, 3.8) is 0 Å². The van der Waals surface area contributed by atoms with E-state index in [1.54, 1.807) is 6.07 Å². The zero-order valence-electron chi connectivity index (χ0n) is 22.3. The van der Waals surface area contributed by atoms with Gasteiger partial charge in [-0.05, 0) is 61.2 Å². The number of carbonyl (C=O) groups is 1. The topological polar surface area (TPSA) is 78.2 Å². The normalized spacial score (nSPS) is 13.5. The number of carbonyl (C=O) groups excluding carboxylic acids is 1. The molecular weight excluding hydrogens is 539 g/mol. The van der Waals surface area contributed by atoms with Crippen molar-refractivity contribution >= 4 is 16.9 Å². The Hall–Kier alpha value is -4.31. The summed E-state index contributed by atoms with van der Waals surface area (Å²) in [7, 11) is 0. The molecular formula is C31H28F3NO6. The molecule has 41 heavy (non-hydrogen) atoms. The maximum Gasteiger partial charge on any atom is 0.453 e. The lowest BCUT2D eigenvalue weighted by molar-refractivity contribution is -0.154. The first-order valence-corrected chi connectivity index (χ1v) is 13.3. The van der Waals surface area contributed by atoms with Crippen molar-refractivity contribution in [3.8, 4) is 17.2 Å². The van der Waals surface area contributed by atoms with Gasteiger partial charge in [0.05, 0.1) is 23.1 Å². The molecule has 0 spiro atoms. The van der Waals surface area contributed by atoms with E-state index < -0.39 is 29.1 Å². The highest BCUT2D eigenvalue weighted by molar-refractivity contribution is 5.89. The number of fused-ring (bicyclic) bond motifs is 3. The standard InChI is InChI=1S/C31H28F3NO6/c1-2-17-38-30(37)21-10-12-22(13-11-21)40-28-26(36)23-14-15-25-24(27(23)41-29(28)31(32,33)34)18-35(19-39-25)16-6-9-20-7-4-3-5-8-20/h3-5,7-8,10-15H,2,6,9,16-19H2,1H3. The lowest BCUT2D eigenvalue weighted by atomic mass is 10.1. The molecule has 214 valence electrons. The number of benzene rings is 3. The largest absolute Gasteiger partial charge is 0.478 e. The second-order valence-electron chi connectivity index (χ2n) is 9.68. The molecule has 1 aromatic heterocycles. The molecule has 0 aliphatic carbocycles. The van der Waals surface area contributed by atoms with E-state index in [2.05, 4.69) is 0 Å². The van der Waals surface area contributed by atoms with Crippen LogP contribution >= 0.6 is 0 Å². The highest BCUT2D eigenvalue weighted by atomic mass is 19.4. The van der Waals surface area contributed by atoms with Crippen molar-refractivity contribution in [1.82, 2.24) is 4.90 Å². The van der Waals surface area contributed by atoms with E-state index in [1.807, 2.05) is 42.2 Å². The van der Waals surface area contributed by atoms with Gasteiger partial charge in [-0.1, -0.05) is 37.3 Å². The summed E-state index contributed by atoms with van der Waals surface area (Å²) >= 11 is 0. The average Bonchev–Trinajstić information content (AvgIpc) is 2.97. The molecule has 0 bridgehead atoms. The Labute approximate surface area is 234 Å². The summed E-state index contributed by atoms with van der Waals surface area (Å²) in [6.45, 7) is 3.27. The van der Waals surface area contributed by atoms with E-state index in [0.717, 1.165) is 12.8 Å². The summed E-state index contributed by atoms with van der Waals surface area (Å²) in [6, 6.07) is 18.2. The second kappa shape index (κ2) is 12.1. The molecule has 2 heterocycles. The molecule has 0 unspecified atom stereocenters. The lowest BCUT2D eigenvalue weighted by Gasteiger charge is -2.29. The molecule has 0 saturated heterocycles. The van der Waals surface area contributed by atoms with Gasteiger partial charge < -0.3 is 18.6 Å². The van der Waals surface area contributed by atoms with E-state index >= 15 is 0 Å². The number of esters is 1. The lowest BCUT2D eigenvalue weighted by Crippen LogP contribution is -2.33. The molecule has 10 heteroatoms. The molecule has 1 aliphatic heterocycles. The Bertz CT molecular complexity index is 1580. The minimum Gasteiger partial charge on any atom is -0.478 e. The minimum atomic E-state index is -5.01. The van der Waals surface area contributed by atoms with E-state index in [4.69, 9.17) is 18.6 Å². The van der Waals surface area contributed by atoms with Crippen molar-refractivity contribution in [1.29, 1.82) is 0 Å². The molecule has 1 aliphatic rings. The monoisotopic (exact) mass is 567 g/mol.